The zero-order chi connectivity index (χ0) is 14.8. The molecule has 2 aromatic carbocycles. The van der Waals surface area contributed by atoms with E-state index < -0.39 is 17.2 Å². The largest absolute Gasteiger partial charge is 0.389 e. The van der Waals surface area contributed by atoms with Crippen LogP contribution >= 0.6 is 11.6 Å². The van der Waals surface area contributed by atoms with Crippen molar-refractivity contribution in [1.29, 1.82) is 0 Å². The van der Waals surface area contributed by atoms with E-state index in [1.165, 1.54) is 12.1 Å². The van der Waals surface area contributed by atoms with Crippen LogP contribution in [-0.2, 0) is 12.8 Å². The first-order valence-corrected chi connectivity index (χ1v) is 6.64. The molecular weight excluding hydrogens is 282 g/mol. The van der Waals surface area contributed by atoms with Crippen LogP contribution in [0.2, 0.25) is 5.02 Å². The molecular formula is C16H15ClF2O. The van der Waals surface area contributed by atoms with Gasteiger partial charge < -0.3 is 5.11 Å². The number of halogens is 3. The Balaban J connectivity index is 2.12. The van der Waals surface area contributed by atoms with Gasteiger partial charge in [-0.05, 0) is 42.3 Å². The predicted octanol–water partition coefficient (Wildman–Crippen LogP) is 4.15. The fourth-order valence-corrected chi connectivity index (χ4v) is 2.38. The number of hydrogen-bond donors (Lipinski definition) is 1. The summed E-state index contributed by atoms with van der Waals surface area (Å²) in [4.78, 5) is 0. The second-order valence-electron chi connectivity index (χ2n) is 5.25. The van der Waals surface area contributed by atoms with E-state index in [-0.39, 0.29) is 6.42 Å². The summed E-state index contributed by atoms with van der Waals surface area (Å²) >= 11 is 5.80. The second-order valence-corrected chi connectivity index (χ2v) is 5.69. The zero-order valence-electron chi connectivity index (χ0n) is 11.0. The van der Waals surface area contributed by atoms with E-state index in [1.54, 1.807) is 19.1 Å². The van der Waals surface area contributed by atoms with Crippen molar-refractivity contribution in [3.63, 3.8) is 0 Å². The SMILES string of the molecule is CC(O)(Cc1ccc(Cl)cc1)Cc1cc(F)cc(F)c1. The highest BCUT2D eigenvalue weighted by molar-refractivity contribution is 6.30. The standard InChI is InChI=1S/C16H15ClF2O/c1-16(20,9-11-2-4-13(17)5-3-11)10-12-6-14(18)8-15(19)7-12/h2-8,20H,9-10H2,1H3. The van der Waals surface area contributed by atoms with Crippen LogP contribution in [0.3, 0.4) is 0 Å². The summed E-state index contributed by atoms with van der Waals surface area (Å²) in [5.41, 5.74) is 0.256. The van der Waals surface area contributed by atoms with Crippen LogP contribution in [0.25, 0.3) is 0 Å². The Morgan fingerprint density at radius 2 is 1.45 bits per heavy atom. The molecule has 0 amide bonds. The monoisotopic (exact) mass is 296 g/mol. The molecule has 4 heteroatoms. The molecule has 0 aliphatic carbocycles. The molecule has 2 aromatic rings. The molecule has 0 heterocycles. The molecule has 1 nitrogen and oxygen atoms in total. The van der Waals surface area contributed by atoms with Gasteiger partial charge in [-0.2, -0.15) is 0 Å². The third-order valence-electron chi connectivity index (χ3n) is 3.01. The highest BCUT2D eigenvalue weighted by Gasteiger charge is 2.22. The van der Waals surface area contributed by atoms with Crippen LogP contribution in [0.1, 0.15) is 18.1 Å². The fraction of sp³-hybridized carbons (Fsp3) is 0.250. The molecule has 0 aliphatic rings. The van der Waals surface area contributed by atoms with Gasteiger partial charge in [0.25, 0.3) is 0 Å². The number of hydrogen-bond acceptors (Lipinski definition) is 1. The first-order valence-electron chi connectivity index (χ1n) is 6.26. The van der Waals surface area contributed by atoms with Crippen molar-refractivity contribution in [2.24, 2.45) is 0 Å². The van der Waals surface area contributed by atoms with E-state index in [1.807, 2.05) is 12.1 Å². The minimum atomic E-state index is -1.09. The summed E-state index contributed by atoms with van der Waals surface area (Å²) < 4.78 is 26.3. The Hall–Kier alpha value is -1.45. The van der Waals surface area contributed by atoms with Gasteiger partial charge in [0.05, 0.1) is 5.60 Å². The number of aliphatic hydroxyl groups is 1. The van der Waals surface area contributed by atoms with E-state index in [0.717, 1.165) is 11.6 Å². The highest BCUT2D eigenvalue weighted by atomic mass is 35.5. The fourth-order valence-electron chi connectivity index (χ4n) is 2.26. The number of rotatable bonds is 4. The van der Waals surface area contributed by atoms with Crippen molar-refractivity contribution in [2.75, 3.05) is 0 Å². The molecule has 1 unspecified atom stereocenters. The van der Waals surface area contributed by atoms with Crippen LogP contribution in [-0.4, -0.2) is 10.7 Å². The van der Waals surface area contributed by atoms with Gasteiger partial charge >= 0.3 is 0 Å². The van der Waals surface area contributed by atoms with Crippen LogP contribution in [0.5, 0.6) is 0 Å². The summed E-state index contributed by atoms with van der Waals surface area (Å²) in [7, 11) is 0. The van der Waals surface area contributed by atoms with Gasteiger partial charge in [-0.15, -0.1) is 0 Å². The second kappa shape index (κ2) is 5.90. The molecule has 1 N–H and O–H groups in total. The molecule has 0 saturated carbocycles. The predicted molar refractivity (Wildman–Crippen MR) is 75.8 cm³/mol. The van der Waals surface area contributed by atoms with E-state index >= 15 is 0 Å². The molecule has 0 bridgehead atoms. The van der Waals surface area contributed by atoms with E-state index in [0.29, 0.717) is 17.0 Å². The maximum absolute atomic E-state index is 13.1. The molecule has 0 radical (unpaired) electrons. The normalized spacial score (nSPS) is 14.1. The van der Waals surface area contributed by atoms with Gasteiger partial charge in [0.1, 0.15) is 11.6 Å². The zero-order valence-corrected chi connectivity index (χ0v) is 11.8. The van der Waals surface area contributed by atoms with Crippen LogP contribution in [0.4, 0.5) is 8.78 Å². The van der Waals surface area contributed by atoms with Gasteiger partial charge in [0.15, 0.2) is 0 Å². The van der Waals surface area contributed by atoms with Crippen LogP contribution < -0.4 is 0 Å². The lowest BCUT2D eigenvalue weighted by Gasteiger charge is -2.23. The average Bonchev–Trinajstić information content (AvgIpc) is 2.29. The number of benzene rings is 2. The van der Waals surface area contributed by atoms with Crippen LogP contribution in [0.15, 0.2) is 42.5 Å². The van der Waals surface area contributed by atoms with Crippen molar-refractivity contribution in [3.05, 3.63) is 70.2 Å². The lowest BCUT2D eigenvalue weighted by atomic mass is 9.90. The maximum Gasteiger partial charge on any atom is 0.126 e. The summed E-state index contributed by atoms with van der Waals surface area (Å²) in [5, 5.41) is 11.0. The van der Waals surface area contributed by atoms with Gasteiger partial charge in [0.2, 0.25) is 0 Å². The Labute approximate surface area is 121 Å². The van der Waals surface area contributed by atoms with E-state index in [9.17, 15) is 13.9 Å². The Kier molecular flexibility index (Phi) is 4.41. The van der Waals surface area contributed by atoms with E-state index in [2.05, 4.69) is 0 Å². The first kappa shape index (κ1) is 14.9. The molecule has 0 fully saturated rings. The Bertz CT molecular complexity index is 574. The third-order valence-corrected chi connectivity index (χ3v) is 3.26. The third kappa shape index (κ3) is 4.29. The summed E-state index contributed by atoms with van der Waals surface area (Å²) in [5.74, 6) is -1.27. The quantitative estimate of drug-likeness (QED) is 0.898. The Morgan fingerprint density at radius 3 is 2.00 bits per heavy atom. The first-order chi connectivity index (χ1) is 9.34. The molecule has 0 spiro atoms. The van der Waals surface area contributed by atoms with Crippen molar-refractivity contribution in [1.82, 2.24) is 0 Å². The van der Waals surface area contributed by atoms with E-state index in [4.69, 9.17) is 11.6 Å². The molecule has 1 atom stereocenters. The van der Waals surface area contributed by atoms with Crippen LogP contribution in [0, 0.1) is 11.6 Å². The van der Waals surface area contributed by atoms with Gasteiger partial charge in [0, 0.05) is 23.9 Å². The summed E-state index contributed by atoms with van der Waals surface area (Å²) in [6.07, 6.45) is 0.548. The van der Waals surface area contributed by atoms with Crippen molar-refractivity contribution in [2.45, 2.75) is 25.4 Å². The van der Waals surface area contributed by atoms with Crippen molar-refractivity contribution >= 4 is 11.6 Å². The lowest BCUT2D eigenvalue weighted by molar-refractivity contribution is 0.0607. The highest BCUT2D eigenvalue weighted by Crippen LogP contribution is 2.21. The molecule has 20 heavy (non-hydrogen) atoms. The molecule has 2 rings (SSSR count). The maximum atomic E-state index is 13.1. The van der Waals surface area contributed by atoms with Gasteiger partial charge in [-0.1, -0.05) is 23.7 Å². The summed E-state index contributed by atoms with van der Waals surface area (Å²) in [6, 6.07) is 10.4. The molecule has 0 saturated heterocycles. The lowest BCUT2D eigenvalue weighted by Crippen LogP contribution is -2.30. The Morgan fingerprint density at radius 1 is 0.950 bits per heavy atom. The smallest absolute Gasteiger partial charge is 0.126 e. The summed E-state index contributed by atoms with van der Waals surface area (Å²) in [6.45, 7) is 1.64. The van der Waals surface area contributed by atoms with Crippen molar-refractivity contribution in [3.8, 4) is 0 Å². The topological polar surface area (TPSA) is 20.2 Å². The minimum absolute atomic E-state index is 0.171. The average molecular weight is 297 g/mol. The minimum Gasteiger partial charge on any atom is -0.389 e. The molecule has 0 aromatic heterocycles. The molecule has 106 valence electrons. The van der Waals surface area contributed by atoms with Gasteiger partial charge in [-0.25, -0.2) is 8.78 Å². The van der Waals surface area contributed by atoms with Gasteiger partial charge in [-0.3, -0.25) is 0 Å². The molecule has 0 aliphatic heterocycles. The van der Waals surface area contributed by atoms with Crippen molar-refractivity contribution < 1.29 is 13.9 Å².